The van der Waals surface area contributed by atoms with Gasteiger partial charge in [0.1, 0.15) is 0 Å². The number of rotatable bonds is 3. The van der Waals surface area contributed by atoms with E-state index in [-0.39, 0.29) is 23.7 Å². The molecule has 1 aliphatic heterocycles. The zero-order valence-corrected chi connectivity index (χ0v) is 12.7. The summed E-state index contributed by atoms with van der Waals surface area (Å²) in [5.41, 5.74) is 0. The van der Waals surface area contributed by atoms with E-state index >= 15 is 0 Å². The molecule has 5 nitrogen and oxygen atoms in total. The van der Waals surface area contributed by atoms with Crippen molar-refractivity contribution in [3.63, 3.8) is 0 Å². The number of likely N-dealkylation sites (N-methyl/N-ethyl adjacent to an activating group) is 1. The molecule has 0 aromatic rings. The highest BCUT2D eigenvalue weighted by atomic mass is 16.4. The number of hydrogen-bond acceptors (Lipinski definition) is 3. The molecular weight excluding hydrogens is 268 g/mol. The van der Waals surface area contributed by atoms with E-state index in [2.05, 4.69) is 24.8 Å². The fourth-order valence-electron chi connectivity index (χ4n) is 4.37. The van der Waals surface area contributed by atoms with Gasteiger partial charge in [-0.3, -0.25) is 14.5 Å². The highest BCUT2D eigenvalue weighted by molar-refractivity contribution is 5.87. The lowest BCUT2D eigenvalue weighted by atomic mass is 9.82. The SMILES string of the molecule is CCN1CCN(C(=O)C2C3C=CC(C3)C2C(=O)O)CC1C. The lowest BCUT2D eigenvalue weighted by Gasteiger charge is -2.41. The average molecular weight is 292 g/mol. The van der Waals surface area contributed by atoms with Gasteiger partial charge in [0.05, 0.1) is 11.8 Å². The first-order chi connectivity index (χ1) is 10.0. The van der Waals surface area contributed by atoms with E-state index in [1.54, 1.807) is 0 Å². The second-order valence-electron chi connectivity index (χ2n) is 6.60. The van der Waals surface area contributed by atoms with Gasteiger partial charge in [0.2, 0.25) is 5.91 Å². The molecule has 2 fully saturated rings. The monoisotopic (exact) mass is 292 g/mol. The Morgan fingerprint density at radius 3 is 2.43 bits per heavy atom. The number of allylic oxidation sites excluding steroid dienone is 2. The van der Waals surface area contributed by atoms with Crippen molar-refractivity contribution in [2.75, 3.05) is 26.2 Å². The summed E-state index contributed by atoms with van der Waals surface area (Å²) < 4.78 is 0. The standard InChI is InChI=1S/C16H24N2O3/c1-3-17-6-7-18(9-10(17)2)15(19)13-11-4-5-12(8-11)14(13)16(20)21/h4-5,10-14H,3,6-9H2,1-2H3,(H,20,21). The zero-order valence-electron chi connectivity index (χ0n) is 12.7. The van der Waals surface area contributed by atoms with E-state index in [0.29, 0.717) is 6.04 Å². The first-order valence-electron chi connectivity index (χ1n) is 7.97. The van der Waals surface area contributed by atoms with Crippen molar-refractivity contribution in [1.29, 1.82) is 0 Å². The maximum absolute atomic E-state index is 12.9. The molecule has 21 heavy (non-hydrogen) atoms. The van der Waals surface area contributed by atoms with Crippen molar-refractivity contribution < 1.29 is 14.7 Å². The van der Waals surface area contributed by atoms with Crippen LogP contribution in [0.5, 0.6) is 0 Å². The van der Waals surface area contributed by atoms with Crippen molar-refractivity contribution in [1.82, 2.24) is 9.80 Å². The Kier molecular flexibility index (Phi) is 3.78. The molecule has 2 bridgehead atoms. The minimum Gasteiger partial charge on any atom is -0.481 e. The Bertz CT molecular complexity index is 476. The van der Waals surface area contributed by atoms with Crippen molar-refractivity contribution in [2.45, 2.75) is 26.3 Å². The van der Waals surface area contributed by atoms with E-state index < -0.39 is 11.9 Å². The maximum Gasteiger partial charge on any atom is 0.307 e. The molecule has 1 saturated carbocycles. The van der Waals surface area contributed by atoms with Crippen molar-refractivity contribution in [3.8, 4) is 0 Å². The van der Waals surface area contributed by atoms with E-state index in [0.717, 1.165) is 32.6 Å². The van der Waals surface area contributed by atoms with Crippen molar-refractivity contribution in [3.05, 3.63) is 12.2 Å². The van der Waals surface area contributed by atoms with E-state index in [9.17, 15) is 14.7 Å². The van der Waals surface area contributed by atoms with Crippen LogP contribution in [0.1, 0.15) is 20.3 Å². The first kappa shape index (κ1) is 14.6. The van der Waals surface area contributed by atoms with Crippen molar-refractivity contribution in [2.24, 2.45) is 23.7 Å². The second kappa shape index (κ2) is 5.44. The van der Waals surface area contributed by atoms with Crippen LogP contribution in [-0.2, 0) is 9.59 Å². The summed E-state index contributed by atoms with van der Waals surface area (Å²) in [6.45, 7) is 7.60. The van der Waals surface area contributed by atoms with Gasteiger partial charge in [0.25, 0.3) is 0 Å². The number of carboxylic acids is 1. The third kappa shape index (κ3) is 2.37. The minimum absolute atomic E-state index is 0.0517. The minimum atomic E-state index is -0.814. The third-order valence-electron chi connectivity index (χ3n) is 5.51. The first-order valence-corrected chi connectivity index (χ1v) is 7.97. The molecule has 5 unspecified atom stereocenters. The van der Waals surface area contributed by atoms with Crippen LogP contribution in [0.25, 0.3) is 0 Å². The summed E-state index contributed by atoms with van der Waals surface area (Å²) in [5, 5.41) is 9.47. The maximum atomic E-state index is 12.9. The molecule has 1 N–H and O–H groups in total. The molecule has 0 aromatic heterocycles. The summed E-state index contributed by atoms with van der Waals surface area (Å²) >= 11 is 0. The predicted molar refractivity (Wildman–Crippen MR) is 78.6 cm³/mol. The van der Waals surface area contributed by atoms with Gasteiger partial charge in [0.15, 0.2) is 0 Å². The molecule has 1 heterocycles. The van der Waals surface area contributed by atoms with Crippen LogP contribution in [0.15, 0.2) is 12.2 Å². The van der Waals surface area contributed by atoms with Gasteiger partial charge in [0, 0.05) is 25.7 Å². The van der Waals surface area contributed by atoms with Gasteiger partial charge >= 0.3 is 5.97 Å². The number of carboxylic acid groups (broad SMARTS) is 1. The van der Waals surface area contributed by atoms with Crippen LogP contribution in [0.4, 0.5) is 0 Å². The Labute approximate surface area is 125 Å². The highest BCUT2D eigenvalue weighted by Gasteiger charge is 2.52. The van der Waals surface area contributed by atoms with Crippen LogP contribution < -0.4 is 0 Å². The molecule has 5 heteroatoms. The second-order valence-corrected chi connectivity index (χ2v) is 6.60. The van der Waals surface area contributed by atoms with Gasteiger partial charge < -0.3 is 10.0 Å². The van der Waals surface area contributed by atoms with E-state index in [1.165, 1.54) is 0 Å². The Morgan fingerprint density at radius 2 is 1.86 bits per heavy atom. The Morgan fingerprint density at radius 1 is 1.19 bits per heavy atom. The number of carbonyl (C=O) groups is 2. The molecule has 0 spiro atoms. The highest BCUT2D eigenvalue weighted by Crippen LogP contribution is 2.48. The normalized spacial score (nSPS) is 39.0. The lowest BCUT2D eigenvalue weighted by Crippen LogP contribution is -2.55. The molecule has 0 aromatic carbocycles. The van der Waals surface area contributed by atoms with Gasteiger partial charge in [-0.05, 0) is 31.7 Å². The molecule has 1 amide bonds. The molecular formula is C16H24N2O3. The summed E-state index contributed by atoms with van der Waals surface area (Å²) in [7, 11) is 0. The molecule has 1 saturated heterocycles. The predicted octanol–water partition coefficient (Wildman–Crippen LogP) is 1.06. The smallest absolute Gasteiger partial charge is 0.307 e. The van der Waals surface area contributed by atoms with E-state index in [4.69, 9.17) is 0 Å². The number of piperazine rings is 1. The summed E-state index contributed by atoms with van der Waals surface area (Å²) in [6.07, 6.45) is 4.88. The fraction of sp³-hybridized carbons (Fsp3) is 0.750. The lowest BCUT2D eigenvalue weighted by molar-refractivity contribution is -0.152. The summed E-state index contributed by atoms with van der Waals surface area (Å²) in [6, 6.07) is 0.352. The summed E-state index contributed by atoms with van der Waals surface area (Å²) in [5.74, 6) is -1.45. The Balaban J connectivity index is 1.73. The van der Waals surface area contributed by atoms with Gasteiger partial charge in [-0.1, -0.05) is 19.1 Å². The quantitative estimate of drug-likeness (QED) is 0.790. The summed E-state index contributed by atoms with van der Waals surface area (Å²) in [4.78, 5) is 28.6. The Hall–Kier alpha value is -1.36. The molecule has 5 atom stereocenters. The number of fused-ring (bicyclic) bond motifs is 2. The van der Waals surface area contributed by atoms with E-state index in [1.807, 2.05) is 11.0 Å². The van der Waals surface area contributed by atoms with Crippen LogP contribution in [0.3, 0.4) is 0 Å². The largest absolute Gasteiger partial charge is 0.481 e. The van der Waals surface area contributed by atoms with Gasteiger partial charge in [-0.25, -0.2) is 0 Å². The molecule has 0 radical (unpaired) electrons. The number of nitrogens with zero attached hydrogens (tertiary/aromatic N) is 2. The van der Waals surface area contributed by atoms with Crippen LogP contribution in [-0.4, -0.2) is 59.0 Å². The third-order valence-corrected chi connectivity index (χ3v) is 5.51. The van der Waals surface area contributed by atoms with Gasteiger partial charge in [-0.2, -0.15) is 0 Å². The van der Waals surface area contributed by atoms with Crippen molar-refractivity contribution >= 4 is 11.9 Å². The fourth-order valence-corrected chi connectivity index (χ4v) is 4.37. The molecule has 3 aliphatic rings. The zero-order chi connectivity index (χ0) is 15.1. The van der Waals surface area contributed by atoms with Crippen LogP contribution >= 0.6 is 0 Å². The number of aliphatic carboxylic acids is 1. The average Bonchev–Trinajstić information content (AvgIpc) is 3.06. The molecule has 2 aliphatic carbocycles. The van der Waals surface area contributed by atoms with Gasteiger partial charge in [-0.15, -0.1) is 0 Å². The topological polar surface area (TPSA) is 60.9 Å². The number of carbonyl (C=O) groups excluding carboxylic acids is 1. The molecule has 3 rings (SSSR count). The van der Waals surface area contributed by atoms with Crippen LogP contribution in [0, 0.1) is 23.7 Å². The number of amides is 1. The molecule has 116 valence electrons. The number of hydrogen-bond donors (Lipinski definition) is 1. The van der Waals surface area contributed by atoms with Crippen LogP contribution in [0.2, 0.25) is 0 Å².